The third-order valence-corrected chi connectivity index (χ3v) is 4.07. The predicted octanol–water partition coefficient (Wildman–Crippen LogP) is 3.87. The van der Waals surface area contributed by atoms with E-state index in [0.29, 0.717) is 5.56 Å². The zero-order chi connectivity index (χ0) is 16.4. The van der Waals surface area contributed by atoms with Crippen molar-refractivity contribution in [1.82, 2.24) is 9.78 Å². The van der Waals surface area contributed by atoms with Crippen LogP contribution in [-0.2, 0) is 13.5 Å². The SMILES string of the molecule is C[C@@H](O)c1cc(F)ccc1-c1ccccc1Cc1ccnn1C. The van der Waals surface area contributed by atoms with Crippen LogP contribution in [0.5, 0.6) is 0 Å². The van der Waals surface area contributed by atoms with Gasteiger partial charge in [-0.1, -0.05) is 30.3 Å². The smallest absolute Gasteiger partial charge is 0.123 e. The number of aliphatic hydroxyl groups excluding tert-OH is 1. The minimum absolute atomic E-state index is 0.339. The molecule has 4 heteroatoms. The maximum atomic E-state index is 13.6. The fraction of sp³-hybridized carbons (Fsp3) is 0.211. The second-order valence-electron chi connectivity index (χ2n) is 5.69. The van der Waals surface area contributed by atoms with E-state index < -0.39 is 6.10 Å². The van der Waals surface area contributed by atoms with Crippen LogP contribution in [-0.4, -0.2) is 14.9 Å². The summed E-state index contributed by atoms with van der Waals surface area (Å²) in [6.07, 6.45) is 1.77. The van der Waals surface area contributed by atoms with E-state index in [1.165, 1.54) is 12.1 Å². The molecule has 1 heterocycles. The Morgan fingerprint density at radius 3 is 2.61 bits per heavy atom. The molecule has 118 valence electrons. The van der Waals surface area contributed by atoms with Crippen molar-refractivity contribution in [3.8, 4) is 11.1 Å². The van der Waals surface area contributed by atoms with Crippen molar-refractivity contribution in [2.75, 3.05) is 0 Å². The molecule has 3 nitrogen and oxygen atoms in total. The zero-order valence-corrected chi connectivity index (χ0v) is 13.2. The first-order chi connectivity index (χ1) is 11.1. The molecule has 0 amide bonds. The monoisotopic (exact) mass is 310 g/mol. The number of aliphatic hydroxyl groups is 1. The third kappa shape index (κ3) is 3.17. The van der Waals surface area contributed by atoms with Crippen LogP contribution in [0.2, 0.25) is 0 Å². The van der Waals surface area contributed by atoms with Crippen molar-refractivity contribution < 1.29 is 9.50 Å². The number of nitrogens with zero attached hydrogens (tertiary/aromatic N) is 2. The number of aryl methyl sites for hydroxylation is 1. The highest BCUT2D eigenvalue weighted by atomic mass is 19.1. The number of aromatic nitrogens is 2. The van der Waals surface area contributed by atoms with Gasteiger partial charge in [0.1, 0.15) is 5.82 Å². The molecule has 3 rings (SSSR count). The van der Waals surface area contributed by atoms with Crippen LogP contribution in [0.1, 0.15) is 29.8 Å². The fourth-order valence-corrected chi connectivity index (χ4v) is 2.83. The lowest BCUT2D eigenvalue weighted by atomic mass is 9.91. The molecule has 3 aromatic rings. The van der Waals surface area contributed by atoms with E-state index in [4.69, 9.17) is 0 Å². The molecular formula is C19H19FN2O. The van der Waals surface area contributed by atoms with Gasteiger partial charge in [-0.25, -0.2) is 4.39 Å². The quantitative estimate of drug-likeness (QED) is 0.794. The van der Waals surface area contributed by atoms with Crippen LogP contribution < -0.4 is 0 Å². The number of rotatable bonds is 4. The first-order valence-corrected chi connectivity index (χ1v) is 7.59. The molecule has 1 atom stereocenters. The van der Waals surface area contributed by atoms with Gasteiger partial charge in [-0.05, 0) is 47.4 Å². The second kappa shape index (κ2) is 6.34. The van der Waals surface area contributed by atoms with E-state index in [-0.39, 0.29) is 5.82 Å². The molecule has 1 aromatic heterocycles. The highest BCUT2D eigenvalue weighted by Gasteiger charge is 2.14. The van der Waals surface area contributed by atoms with Gasteiger partial charge in [0.25, 0.3) is 0 Å². The maximum Gasteiger partial charge on any atom is 0.123 e. The van der Waals surface area contributed by atoms with Gasteiger partial charge < -0.3 is 5.11 Å². The molecular weight excluding hydrogens is 291 g/mol. The Balaban J connectivity index is 2.09. The van der Waals surface area contributed by atoms with Gasteiger partial charge in [-0.3, -0.25) is 4.68 Å². The summed E-state index contributed by atoms with van der Waals surface area (Å²) in [6, 6.07) is 14.6. The Labute approximate surface area is 135 Å². The summed E-state index contributed by atoms with van der Waals surface area (Å²) in [7, 11) is 1.91. The summed E-state index contributed by atoms with van der Waals surface area (Å²) in [5, 5.41) is 14.2. The molecule has 0 aliphatic carbocycles. The molecule has 0 saturated heterocycles. The van der Waals surface area contributed by atoms with Crippen LogP contribution in [0.25, 0.3) is 11.1 Å². The van der Waals surface area contributed by atoms with Crippen LogP contribution in [0.3, 0.4) is 0 Å². The Hall–Kier alpha value is -2.46. The van der Waals surface area contributed by atoms with Gasteiger partial charge >= 0.3 is 0 Å². The molecule has 0 bridgehead atoms. The maximum absolute atomic E-state index is 13.6. The molecule has 0 aliphatic rings. The summed E-state index contributed by atoms with van der Waals surface area (Å²) >= 11 is 0. The highest BCUT2D eigenvalue weighted by Crippen LogP contribution is 2.32. The Kier molecular flexibility index (Phi) is 4.26. The van der Waals surface area contributed by atoms with E-state index in [0.717, 1.165) is 28.8 Å². The van der Waals surface area contributed by atoms with E-state index >= 15 is 0 Å². The van der Waals surface area contributed by atoms with Gasteiger partial charge in [0.15, 0.2) is 0 Å². The van der Waals surface area contributed by atoms with Gasteiger partial charge in [-0.15, -0.1) is 0 Å². The largest absolute Gasteiger partial charge is 0.389 e. The van der Waals surface area contributed by atoms with Crippen LogP contribution in [0.4, 0.5) is 4.39 Å². The third-order valence-electron chi connectivity index (χ3n) is 4.07. The number of halogens is 1. The highest BCUT2D eigenvalue weighted by molar-refractivity contribution is 5.71. The molecule has 23 heavy (non-hydrogen) atoms. The summed E-state index contributed by atoms with van der Waals surface area (Å²) < 4.78 is 15.4. The minimum atomic E-state index is -0.731. The van der Waals surface area contributed by atoms with Crippen molar-refractivity contribution in [1.29, 1.82) is 0 Å². The van der Waals surface area contributed by atoms with Crippen molar-refractivity contribution in [3.05, 3.63) is 77.4 Å². The molecule has 0 aliphatic heterocycles. The first kappa shape index (κ1) is 15.4. The van der Waals surface area contributed by atoms with Gasteiger partial charge in [0.05, 0.1) is 6.10 Å². The summed E-state index contributed by atoms with van der Waals surface area (Å²) in [6.45, 7) is 1.65. The Morgan fingerprint density at radius 1 is 1.13 bits per heavy atom. The average molecular weight is 310 g/mol. The Morgan fingerprint density at radius 2 is 1.91 bits per heavy atom. The standard InChI is InChI=1S/C19H19FN2O/c1-13(23)19-12-15(20)7-8-18(19)17-6-4-3-5-14(17)11-16-9-10-21-22(16)2/h3-10,12-13,23H,11H2,1-2H3/t13-/m1/s1. The van der Waals surface area contributed by atoms with Crippen molar-refractivity contribution in [3.63, 3.8) is 0 Å². The van der Waals surface area contributed by atoms with Crippen molar-refractivity contribution in [2.24, 2.45) is 7.05 Å². The van der Waals surface area contributed by atoms with E-state index in [9.17, 15) is 9.50 Å². The molecule has 0 radical (unpaired) electrons. The number of hydrogen-bond acceptors (Lipinski definition) is 2. The van der Waals surface area contributed by atoms with Crippen LogP contribution in [0.15, 0.2) is 54.7 Å². The van der Waals surface area contributed by atoms with Crippen molar-refractivity contribution in [2.45, 2.75) is 19.4 Å². The molecule has 0 fully saturated rings. The summed E-state index contributed by atoms with van der Waals surface area (Å²) in [4.78, 5) is 0. The predicted molar refractivity (Wildman–Crippen MR) is 88.5 cm³/mol. The molecule has 2 aromatic carbocycles. The van der Waals surface area contributed by atoms with Gasteiger partial charge in [0, 0.05) is 25.4 Å². The second-order valence-corrected chi connectivity index (χ2v) is 5.69. The average Bonchev–Trinajstić information content (AvgIpc) is 2.93. The summed E-state index contributed by atoms with van der Waals surface area (Å²) in [5.74, 6) is -0.339. The minimum Gasteiger partial charge on any atom is -0.389 e. The summed E-state index contributed by atoms with van der Waals surface area (Å²) in [5.41, 5.74) is 4.67. The molecule has 0 saturated carbocycles. The molecule has 0 spiro atoms. The fourth-order valence-electron chi connectivity index (χ4n) is 2.83. The van der Waals surface area contributed by atoms with E-state index in [1.54, 1.807) is 19.2 Å². The zero-order valence-electron chi connectivity index (χ0n) is 13.2. The topological polar surface area (TPSA) is 38.1 Å². The lowest BCUT2D eigenvalue weighted by Gasteiger charge is -2.16. The van der Waals surface area contributed by atoms with E-state index in [2.05, 4.69) is 11.2 Å². The molecule has 1 N–H and O–H groups in total. The first-order valence-electron chi connectivity index (χ1n) is 7.59. The molecule has 0 unspecified atom stereocenters. The van der Waals surface area contributed by atoms with Crippen molar-refractivity contribution >= 4 is 0 Å². The normalized spacial score (nSPS) is 12.3. The van der Waals surface area contributed by atoms with Gasteiger partial charge in [0.2, 0.25) is 0 Å². The number of benzene rings is 2. The lowest BCUT2D eigenvalue weighted by molar-refractivity contribution is 0.199. The lowest BCUT2D eigenvalue weighted by Crippen LogP contribution is -2.02. The van der Waals surface area contributed by atoms with Crippen LogP contribution >= 0.6 is 0 Å². The van der Waals surface area contributed by atoms with Crippen LogP contribution in [0, 0.1) is 5.82 Å². The Bertz CT molecular complexity index is 824. The number of hydrogen-bond donors (Lipinski definition) is 1. The van der Waals surface area contributed by atoms with E-state index in [1.807, 2.05) is 36.0 Å². The van der Waals surface area contributed by atoms with Gasteiger partial charge in [-0.2, -0.15) is 5.10 Å².